The quantitative estimate of drug-likeness (QED) is 0.637. The molecule has 29 heavy (non-hydrogen) atoms. The molecule has 2 unspecified atom stereocenters. The Hall–Kier alpha value is -2.85. The van der Waals surface area contributed by atoms with Crippen LogP contribution in [-0.2, 0) is 14.8 Å². The van der Waals surface area contributed by atoms with Gasteiger partial charge in [-0.25, -0.2) is 22.3 Å². The predicted molar refractivity (Wildman–Crippen MR) is 102 cm³/mol. The van der Waals surface area contributed by atoms with Crippen LogP contribution >= 0.6 is 0 Å². The Morgan fingerprint density at radius 2 is 1.93 bits per heavy atom. The number of hydrogen-bond donors (Lipinski definition) is 3. The first-order valence-electron chi connectivity index (χ1n) is 9.15. The molecule has 152 valence electrons. The van der Waals surface area contributed by atoms with Gasteiger partial charge in [-0.1, -0.05) is 6.42 Å². The number of aromatic nitrogens is 1. The Kier molecular flexibility index (Phi) is 4.83. The van der Waals surface area contributed by atoms with Crippen molar-refractivity contribution in [1.29, 1.82) is 0 Å². The van der Waals surface area contributed by atoms with Gasteiger partial charge >= 0.3 is 6.03 Å². The maximum absolute atomic E-state index is 13.0. The predicted octanol–water partition coefficient (Wildman–Crippen LogP) is 1.54. The zero-order chi connectivity index (χ0) is 20.6. The van der Waals surface area contributed by atoms with Gasteiger partial charge in [-0.05, 0) is 49.2 Å². The summed E-state index contributed by atoms with van der Waals surface area (Å²) in [5.74, 6) is -1.11. The van der Waals surface area contributed by atoms with E-state index in [1.807, 2.05) is 0 Å². The van der Waals surface area contributed by atoms with Gasteiger partial charge in [0, 0.05) is 24.2 Å². The van der Waals surface area contributed by atoms with E-state index in [0.717, 1.165) is 0 Å². The van der Waals surface area contributed by atoms with Crippen LogP contribution < -0.4 is 15.4 Å². The SMILES string of the molecule is O=C1NC(=O)C2(CCCC2CNS(=O)(=O)c2ccc(-c3ccc(F)cc3)nc2)N1. The maximum atomic E-state index is 13.0. The van der Waals surface area contributed by atoms with Gasteiger partial charge in [-0.3, -0.25) is 15.1 Å². The molecule has 0 bridgehead atoms. The highest BCUT2D eigenvalue weighted by Crippen LogP contribution is 2.37. The van der Waals surface area contributed by atoms with Gasteiger partial charge in [0.25, 0.3) is 5.91 Å². The largest absolute Gasteiger partial charge is 0.323 e. The molecule has 2 aliphatic rings. The summed E-state index contributed by atoms with van der Waals surface area (Å²) in [6.45, 7) is 0.0236. The average Bonchev–Trinajstić information content (AvgIpc) is 3.23. The first-order chi connectivity index (χ1) is 13.8. The number of sulfonamides is 1. The first-order valence-corrected chi connectivity index (χ1v) is 10.6. The van der Waals surface area contributed by atoms with E-state index in [4.69, 9.17) is 0 Å². The van der Waals surface area contributed by atoms with Crippen molar-refractivity contribution in [3.05, 3.63) is 48.4 Å². The molecule has 10 heteroatoms. The topological polar surface area (TPSA) is 117 Å². The van der Waals surface area contributed by atoms with Crippen molar-refractivity contribution in [3.8, 4) is 11.3 Å². The Morgan fingerprint density at radius 3 is 2.55 bits per heavy atom. The number of amides is 3. The van der Waals surface area contributed by atoms with Crippen LogP contribution in [0.4, 0.5) is 9.18 Å². The zero-order valence-electron chi connectivity index (χ0n) is 15.3. The number of halogens is 1. The summed E-state index contributed by atoms with van der Waals surface area (Å²) >= 11 is 0. The van der Waals surface area contributed by atoms with E-state index >= 15 is 0 Å². The molecule has 1 aliphatic carbocycles. The molecule has 2 atom stereocenters. The third kappa shape index (κ3) is 3.60. The van der Waals surface area contributed by atoms with Crippen molar-refractivity contribution in [2.45, 2.75) is 29.7 Å². The second-order valence-corrected chi connectivity index (χ2v) is 8.97. The normalized spacial score (nSPS) is 24.0. The van der Waals surface area contributed by atoms with Gasteiger partial charge in [-0.15, -0.1) is 0 Å². The average molecular weight is 418 g/mol. The van der Waals surface area contributed by atoms with Gasteiger partial charge in [0.05, 0.1) is 5.69 Å². The van der Waals surface area contributed by atoms with Crippen LogP contribution in [0.25, 0.3) is 11.3 Å². The molecule has 2 heterocycles. The highest BCUT2D eigenvalue weighted by atomic mass is 32.2. The summed E-state index contributed by atoms with van der Waals surface area (Å²) in [5, 5.41) is 4.90. The van der Waals surface area contributed by atoms with E-state index in [1.54, 1.807) is 18.2 Å². The lowest BCUT2D eigenvalue weighted by Gasteiger charge is -2.28. The minimum absolute atomic E-state index is 0.0182. The molecule has 3 amide bonds. The summed E-state index contributed by atoms with van der Waals surface area (Å²) in [4.78, 5) is 27.9. The van der Waals surface area contributed by atoms with E-state index in [1.165, 1.54) is 24.4 Å². The van der Waals surface area contributed by atoms with E-state index in [0.29, 0.717) is 30.5 Å². The smallest absolute Gasteiger partial charge is 0.322 e. The van der Waals surface area contributed by atoms with Crippen LogP contribution in [0.2, 0.25) is 0 Å². The van der Waals surface area contributed by atoms with Gasteiger partial charge in [0.1, 0.15) is 16.3 Å². The number of pyridine rings is 1. The Morgan fingerprint density at radius 1 is 1.17 bits per heavy atom. The van der Waals surface area contributed by atoms with Gasteiger partial charge in [-0.2, -0.15) is 0 Å². The van der Waals surface area contributed by atoms with Crippen LogP contribution in [0.15, 0.2) is 47.5 Å². The van der Waals surface area contributed by atoms with E-state index in [-0.39, 0.29) is 23.2 Å². The van der Waals surface area contributed by atoms with Crippen LogP contribution in [0.1, 0.15) is 19.3 Å². The van der Waals surface area contributed by atoms with E-state index < -0.39 is 27.5 Å². The lowest BCUT2D eigenvalue weighted by molar-refractivity contribution is -0.125. The fourth-order valence-electron chi connectivity index (χ4n) is 3.95. The third-order valence-corrected chi connectivity index (χ3v) is 6.90. The van der Waals surface area contributed by atoms with Crippen LogP contribution in [-0.4, -0.2) is 37.4 Å². The number of urea groups is 1. The molecule has 8 nitrogen and oxygen atoms in total. The molecular weight excluding hydrogens is 399 g/mol. The lowest BCUT2D eigenvalue weighted by Crippen LogP contribution is -2.53. The molecule has 1 aliphatic heterocycles. The minimum atomic E-state index is -3.85. The number of carbonyl (C=O) groups is 2. The number of benzene rings is 1. The molecule has 1 aromatic carbocycles. The summed E-state index contributed by atoms with van der Waals surface area (Å²) in [6.07, 6.45) is 3.05. The second kappa shape index (κ2) is 7.20. The van der Waals surface area contributed by atoms with Gasteiger partial charge < -0.3 is 5.32 Å². The van der Waals surface area contributed by atoms with E-state index in [9.17, 15) is 22.4 Å². The number of imide groups is 1. The van der Waals surface area contributed by atoms with Crippen LogP contribution in [0.5, 0.6) is 0 Å². The monoisotopic (exact) mass is 418 g/mol. The highest BCUT2D eigenvalue weighted by molar-refractivity contribution is 7.89. The summed E-state index contributed by atoms with van der Waals surface area (Å²) in [7, 11) is -3.85. The number of nitrogens with zero attached hydrogens (tertiary/aromatic N) is 1. The van der Waals surface area contributed by atoms with Crippen molar-refractivity contribution in [3.63, 3.8) is 0 Å². The van der Waals surface area contributed by atoms with E-state index in [2.05, 4.69) is 20.3 Å². The number of nitrogens with one attached hydrogen (secondary N) is 3. The minimum Gasteiger partial charge on any atom is -0.323 e. The van der Waals surface area contributed by atoms with Crippen molar-refractivity contribution in [1.82, 2.24) is 20.3 Å². The summed E-state index contributed by atoms with van der Waals surface area (Å²) in [5.41, 5.74) is 0.132. The molecular formula is C19H19FN4O4S. The van der Waals surface area contributed by atoms with Crippen molar-refractivity contribution >= 4 is 22.0 Å². The van der Waals surface area contributed by atoms with Crippen LogP contribution in [0, 0.1) is 11.7 Å². The zero-order valence-corrected chi connectivity index (χ0v) is 16.1. The Balaban J connectivity index is 1.47. The van der Waals surface area contributed by atoms with Gasteiger partial charge in [0.15, 0.2) is 0 Å². The number of rotatable bonds is 5. The second-order valence-electron chi connectivity index (χ2n) is 7.21. The molecule has 1 spiro atoms. The van der Waals surface area contributed by atoms with Crippen molar-refractivity contribution < 1.29 is 22.4 Å². The fraction of sp³-hybridized carbons (Fsp3) is 0.316. The van der Waals surface area contributed by atoms with Crippen molar-refractivity contribution in [2.24, 2.45) is 5.92 Å². The first kappa shape index (κ1) is 19.5. The Bertz CT molecular complexity index is 1060. The lowest BCUT2D eigenvalue weighted by atomic mass is 9.87. The third-order valence-electron chi connectivity index (χ3n) is 5.50. The van der Waals surface area contributed by atoms with Crippen LogP contribution in [0.3, 0.4) is 0 Å². The molecule has 2 aromatic rings. The molecule has 0 radical (unpaired) electrons. The summed E-state index contributed by atoms with van der Waals surface area (Å²) in [6, 6.07) is 8.14. The molecule has 4 rings (SSSR count). The molecule has 1 saturated heterocycles. The molecule has 2 fully saturated rings. The number of hydrogen-bond acceptors (Lipinski definition) is 5. The standard InChI is InChI=1S/C19H19FN4O4S/c20-14-5-3-12(4-6-14)16-8-7-15(11-21-16)29(27,28)22-10-13-2-1-9-19(13)17(25)23-18(26)24-19/h3-8,11,13,22H,1-2,9-10H2,(H2,23,24,25,26). The van der Waals surface area contributed by atoms with Crippen molar-refractivity contribution in [2.75, 3.05) is 6.54 Å². The molecule has 3 N–H and O–H groups in total. The number of carbonyl (C=O) groups excluding carboxylic acids is 2. The molecule has 1 aromatic heterocycles. The maximum Gasteiger partial charge on any atom is 0.322 e. The molecule has 1 saturated carbocycles. The highest BCUT2D eigenvalue weighted by Gasteiger charge is 2.54. The van der Waals surface area contributed by atoms with Gasteiger partial charge in [0.2, 0.25) is 10.0 Å². The fourth-order valence-corrected chi connectivity index (χ4v) is 4.97. The Labute approximate surface area is 167 Å². The summed E-state index contributed by atoms with van der Waals surface area (Å²) < 4.78 is 40.8.